The molecule has 1 aliphatic heterocycles. The van der Waals surface area contributed by atoms with Gasteiger partial charge in [-0.25, -0.2) is 4.68 Å². The van der Waals surface area contributed by atoms with Gasteiger partial charge in [-0.05, 0) is 58.1 Å². The van der Waals surface area contributed by atoms with Crippen molar-refractivity contribution in [1.82, 2.24) is 25.1 Å². The van der Waals surface area contributed by atoms with Crippen LogP contribution in [0.4, 0.5) is 5.69 Å². The number of piperazine rings is 1. The van der Waals surface area contributed by atoms with E-state index in [1.165, 1.54) is 10.4 Å². The molecular weight excluding hydrogens is 420 g/mol. The number of phenolic OH excluding ortho intramolecular Hbond substituents is 1. The lowest BCUT2D eigenvalue weighted by Crippen LogP contribution is -2.48. The number of rotatable bonds is 7. The number of phenols is 1. The lowest BCUT2D eigenvalue weighted by atomic mass is 10.1. The zero-order valence-electron chi connectivity index (χ0n) is 17.8. The molecule has 0 unspecified atom stereocenters. The first-order valence-electron chi connectivity index (χ1n) is 10.9. The van der Waals surface area contributed by atoms with Gasteiger partial charge in [0.25, 0.3) is 0 Å². The molecule has 3 heterocycles. The number of hydrogen-bond donors (Lipinski definition) is 1. The fraction of sp³-hybridized carbons (Fsp3) is 0.292. The zero-order valence-corrected chi connectivity index (χ0v) is 18.6. The lowest BCUT2D eigenvalue weighted by molar-refractivity contribution is 0.203. The molecule has 2 aromatic heterocycles. The first kappa shape index (κ1) is 20.7. The summed E-state index contributed by atoms with van der Waals surface area (Å²) in [6, 6.07) is 22.2. The fourth-order valence-corrected chi connectivity index (χ4v) is 5.12. The summed E-state index contributed by atoms with van der Waals surface area (Å²) in [5.41, 5.74) is 2.42. The lowest BCUT2D eigenvalue weighted by Gasteiger charge is -2.39. The van der Waals surface area contributed by atoms with Gasteiger partial charge in [0.05, 0.1) is 0 Å². The summed E-state index contributed by atoms with van der Waals surface area (Å²) in [7, 11) is 0. The van der Waals surface area contributed by atoms with Crippen LogP contribution >= 0.6 is 11.3 Å². The Bertz CT molecular complexity index is 1110. The Morgan fingerprint density at radius 2 is 1.69 bits per heavy atom. The van der Waals surface area contributed by atoms with Crippen LogP contribution in [0.15, 0.2) is 72.1 Å². The molecular formula is C24H26N6OS. The molecule has 0 bridgehead atoms. The van der Waals surface area contributed by atoms with Crippen molar-refractivity contribution in [2.24, 2.45) is 0 Å². The van der Waals surface area contributed by atoms with Crippen molar-refractivity contribution < 1.29 is 5.11 Å². The minimum atomic E-state index is 0.0442. The molecule has 0 amide bonds. The quantitative estimate of drug-likeness (QED) is 0.468. The molecule has 32 heavy (non-hydrogen) atoms. The largest absolute Gasteiger partial charge is 0.508 e. The van der Waals surface area contributed by atoms with Crippen LogP contribution in [0.25, 0.3) is 0 Å². The van der Waals surface area contributed by atoms with E-state index in [1.807, 2.05) is 22.9 Å². The topological polar surface area (TPSA) is 70.3 Å². The molecule has 7 nitrogen and oxygen atoms in total. The SMILES string of the molecule is Oc1ccc(N2CCN([C@@H](c3cccs3)c3nnnn3CCc3ccccc3)CC2)cc1. The van der Waals surface area contributed by atoms with Crippen molar-refractivity contribution >= 4 is 17.0 Å². The van der Waals surface area contributed by atoms with Crippen LogP contribution in [0.1, 0.15) is 22.3 Å². The predicted octanol–water partition coefficient (Wildman–Crippen LogP) is 3.59. The Kier molecular flexibility index (Phi) is 6.13. The second kappa shape index (κ2) is 9.50. The number of aryl methyl sites for hydroxylation is 2. The molecule has 0 aliphatic carbocycles. The summed E-state index contributed by atoms with van der Waals surface area (Å²) in [5.74, 6) is 1.20. The van der Waals surface area contributed by atoms with Crippen molar-refractivity contribution in [3.63, 3.8) is 0 Å². The molecule has 1 fully saturated rings. The normalized spacial score (nSPS) is 15.7. The highest BCUT2D eigenvalue weighted by Crippen LogP contribution is 2.32. The second-order valence-corrected chi connectivity index (χ2v) is 8.93. The number of benzene rings is 2. The Morgan fingerprint density at radius 1 is 0.906 bits per heavy atom. The van der Waals surface area contributed by atoms with E-state index in [1.54, 1.807) is 23.5 Å². The van der Waals surface area contributed by atoms with Gasteiger partial charge >= 0.3 is 0 Å². The van der Waals surface area contributed by atoms with Crippen LogP contribution in [0.5, 0.6) is 5.75 Å². The molecule has 1 saturated heterocycles. The Balaban J connectivity index is 1.34. The number of aromatic hydroxyl groups is 1. The molecule has 164 valence electrons. The highest BCUT2D eigenvalue weighted by Gasteiger charge is 2.31. The van der Waals surface area contributed by atoms with Crippen LogP contribution in [0, 0.1) is 0 Å². The van der Waals surface area contributed by atoms with Crippen molar-refractivity contribution in [3.05, 3.63) is 88.4 Å². The summed E-state index contributed by atoms with van der Waals surface area (Å²) in [6.07, 6.45) is 0.894. The molecule has 1 aliphatic rings. The van der Waals surface area contributed by atoms with Gasteiger partial charge in [0, 0.05) is 43.3 Å². The molecule has 2 aromatic carbocycles. The van der Waals surface area contributed by atoms with Gasteiger partial charge < -0.3 is 10.0 Å². The van der Waals surface area contributed by atoms with Gasteiger partial charge in [-0.15, -0.1) is 16.4 Å². The van der Waals surface area contributed by atoms with E-state index >= 15 is 0 Å². The molecule has 0 radical (unpaired) electrons. The van der Waals surface area contributed by atoms with Gasteiger partial charge in [0.2, 0.25) is 0 Å². The van der Waals surface area contributed by atoms with Crippen LogP contribution in [-0.4, -0.2) is 56.4 Å². The first-order valence-corrected chi connectivity index (χ1v) is 11.8. The minimum Gasteiger partial charge on any atom is -0.508 e. The van der Waals surface area contributed by atoms with Crippen molar-refractivity contribution in [2.45, 2.75) is 19.0 Å². The molecule has 0 spiro atoms. The number of aromatic nitrogens is 4. The monoisotopic (exact) mass is 446 g/mol. The standard InChI is InChI=1S/C24H26N6OS/c31-21-10-8-20(9-11-21)28-14-16-29(17-15-28)23(22-7-4-18-32-22)24-25-26-27-30(24)13-12-19-5-2-1-3-6-19/h1-11,18,23,31H,12-17H2/t23-/m0/s1. The summed E-state index contributed by atoms with van der Waals surface area (Å²) >= 11 is 1.75. The maximum absolute atomic E-state index is 9.58. The van der Waals surface area contributed by atoms with Crippen molar-refractivity contribution in [1.29, 1.82) is 0 Å². The van der Waals surface area contributed by atoms with E-state index in [4.69, 9.17) is 0 Å². The van der Waals surface area contributed by atoms with E-state index in [-0.39, 0.29) is 6.04 Å². The smallest absolute Gasteiger partial charge is 0.173 e. The molecule has 4 aromatic rings. The van der Waals surface area contributed by atoms with Gasteiger partial charge in [-0.1, -0.05) is 36.4 Å². The highest BCUT2D eigenvalue weighted by atomic mass is 32.1. The van der Waals surface area contributed by atoms with E-state index < -0.39 is 0 Å². The summed E-state index contributed by atoms with van der Waals surface area (Å²) in [4.78, 5) is 6.10. The van der Waals surface area contributed by atoms with Gasteiger partial charge in [-0.3, -0.25) is 4.90 Å². The van der Waals surface area contributed by atoms with E-state index in [0.29, 0.717) is 5.75 Å². The second-order valence-electron chi connectivity index (χ2n) is 7.95. The maximum atomic E-state index is 9.58. The van der Waals surface area contributed by atoms with Crippen LogP contribution in [0.3, 0.4) is 0 Å². The van der Waals surface area contributed by atoms with E-state index in [0.717, 1.165) is 50.7 Å². The average molecular weight is 447 g/mol. The fourth-order valence-electron chi connectivity index (χ4n) is 4.27. The molecule has 8 heteroatoms. The van der Waals surface area contributed by atoms with Crippen molar-refractivity contribution in [3.8, 4) is 5.75 Å². The van der Waals surface area contributed by atoms with E-state index in [9.17, 15) is 5.11 Å². The molecule has 1 atom stereocenters. The maximum Gasteiger partial charge on any atom is 0.173 e. The predicted molar refractivity (Wildman–Crippen MR) is 126 cm³/mol. The third-order valence-electron chi connectivity index (χ3n) is 5.97. The Morgan fingerprint density at radius 3 is 2.41 bits per heavy atom. The van der Waals surface area contributed by atoms with E-state index in [2.05, 4.69) is 67.1 Å². The number of nitrogens with zero attached hydrogens (tertiary/aromatic N) is 6. The minimum absolute atomic E-state index is 0.0442. The summed E-state index contributed by atoms with van der Waals surface area (Å²) in [6.45, 7) is 4.40. The van der Waals surface area contributed by atoms with Crippen LogP contribution in [-0.2, 0) is 13.0 Å². The van der Waals surface area contributed by atoms with Gasteiger partial charge in [-0.2, -0.15) is 0 Å². The van der Waals surface area contributed by atoms with Crippen molar-refractivity contribution in [2.75, 3.05) is 31.1 Å². The Hall–Kier alpha value is -3.23. The average Bonchev–Trinajstić information content (AvgIpc) is 3.53. The van der Waals surface area contributed by atoms with Crippen LogP contribution < -0.4 is 4.90 Å². The molecule has 0 saturated carbocycles. The molecule has 1 N–H and O–H groups in total. The third kappa shape index (κ3) is 4.51. The molecule has 5 rings (SSSR count). The highest BCUT2D eigenvalue weighted by molar-refractivity contribution is 7.10. The summed E-state index contributed by atoms with van der Waals surface area (Å²) in [5, 5.41) is 24.5. The zero-order chi connectivity index (χ0) is 21.8. The number of thiophene rings is 1. The Labute approximate surface area is 191 Å². The number of tetrazole rings is 1. The first-order chi connectivity index (χ1) is 15.8. The van der Waals surface area contributed by atoms with Gasteiger partial charge in [0.15, 0.2) is 5.82 Å². The van der Waals surface area contributed by atoms with Crippen LogP contribution in [0.2, 0.25) is 0 Å². The third-order valence-corrected chi connectivity index (χ3v) is 6.89. The number of anilines is 1. The summed E-state index contributed by atoms with van der Waals surface area (Å²) < 4.78 is 1.96. The number of hydrogen-bond acceptors (Lipinski definition) is 7. The van der Waals surface area contributed by atoms with Gasteiger partial charge in [0.1, 0.15) is 11.8 Å².